The molecule has 1 aliphatic rings. The van der Waals surface area contributed by atoms with Crippen LogP contribution in [-0.2, 0) is 12.0 Å². The van der Waals surface area contributed by atoms with Gasteiger partial charge in [0.1, 0.15) is 11.6 Å². The summed E-state index contributed by atoms with van der Waals surface area (Å²) < 4.78 is 31.7. The quantitative estimate of drug-likeness (QED) is 0.938. The van der Waals surface area contributed by atoms with Gasteiger partial charge in [-0.25, -0.2) is 8.78 Å². The van der Waals surface area contributed by atoms with Crippen molar-refractivity contribution >= 4 is 0 Å². The Balaban J connectivity index is 1.80. The second kappa shape index (κ2) is 4.94. The molecule has 20 heavy (non-hydrogen) atoms. The lowest BCUT2D eigenvalue weighted by Crippen LogP contribution is -2.33. The van der Waals surface area contributed by atoms with Gasteiger partial charge in [-0.1, -0.05) is 11.2 Å². The summed E-state index contributed by atoms with van der Waals surface area (Å²) in [7, 11) is 0. The first-order valence-corrected chi connectivity index (χ1v) is 6.59. The van der Waals surface area contributed by atoms with E-state index in [1.165, 1.54) is 12.1 Å². The van der Waals surface area contributed by atoms with Crippen LogP contribution in [0, 0.1) is 11.6 Å². The van der Waals surface area contributed by atoms with Crippen molar-refractivity contribution in [1.29, 1.82) is 0 Å². The molecular weight excluding hydrogens is 264 g/mol. The summed E-state index contributed by atoms with van der Waals surface area (Å²) in [5.41, 5.74) is 0.0512. The molecule has 0 amide bonds. The molecule has 4 nitrogen and oxygen atoms in total. The maximum absolute atomic E-state index is 13.6. The van der Waals surface area contributed by atoms with Gasteiger partial charge in [-0.05, 0) is 37.9 Å². The van der Waals surface area contributed by atoms with Crippen molar-refractivity contribution in [3.8, 4) is 0 Å². The lowest BCUT2D eigenvalue weighted by atomic mass is 10.0. The Kier molecular flexibility index (Phi) is 3.25. The number of benzene rings is 1. The van der Waals surface area contributed by atoms with Gasteiger partial charge in [0.2, 0.25) is 5.89 Å². The maximum Gasteiger partial charge on any atom is 0.246 e. The number of hydrogen-bond donors (Lipinski definition) is 1. The Labute approximate surface area is 115 Å². The smallest absolute Gasteiger partial charge is 0.246 e. The minimum atomic E-state index is -0.596. The Hall–Kier alpha value is -1.82. The van der Waals surface area contributed by atoms with Crippen LogP contribution in [0.1, 0.15) is 37.0 Å². The highest BCUT2D eigenvalue weighted by atomic mass is 19.1. The van der Waals surface area contributed by atoms with Gasteiger partial charge in [0, 0.05) is 12.5 Å². The predicted molar refractivity (Wildman–Crippen MR) is 68.1 cm³/mol. The molecule has 0 spiro atoms. The maximum atomic E-state index is 13.6. The fourth-order valence-corrected chi connectivity index (χ4v) is 2.46. The van der Waals surface area contributed by atoms with Gasteiger partial charge < -0.3 is 9.84 Å². The third kappa shape index (κ3) is 2.43. The van der Waals surface area contributed by atoms with Gasteiger partial charge in [-0.15, -0.1) is 0 Å². The summed E-state index contributed by atoms with van der Waals surface area (Å²) >= 11 is 0. The molecule has 106 valence electrons. The molecule has 0 aliphatic carbocycles. The topological polar surface area (TPSA) is 51.0 Å². The number of aromatic nitrogens is 2. The van der Waals surface area contributed by atoms with E-state index in [4.69, 9.17) is 4.52 Å². The molecule has 3 rings (SSSR count). The highest BCUT2D eigenvalue weighted by Crippen LogP contribution is 2.29. The van der Waals surface area contributed by atoms with Crippen LogP contribution in [0.2, 0.25) is 0 Å². The molecule has 6 heteroatoms. The summed E-state index contributed by atoms with van der Waals surface area (Å²) in [6.45, 7) is 2.93. The molecule has 1 aromatic carbocycles. The zero-order valence-electron chi connectivity index (χ0n) is 11.1. The summed E-state index contributed by atoms with van der Waals surface area (Å²) in [5, 5.41) is 7.20. The highest BCUT2D eigenvalue weighted by Gasteiger charge is 2.35. The minimum absolute atomic E-state index is 0.186. The van der Waals surface area contributed by atoms with E-state index in [9.17, 15) is 8.78 Å². The van der Waals surface area contributed by atoms with Gasteiger partial charge in [0.05, 0.1) is 5.54 Å². The van der Waals surface area contributed by atoms with Gasteiger partial charge in [0.15, 0.2) is 5.82 Å². The van der Waals surface area contributed by atoms with E-state index >= 15 is 0 Å². The highest BCUT2D eigenvalue weighted by molar-refractivity contribution is 5.22. The third-order valence-corrected chi connectivity index (χ3v) is 3.67. The first kappa shape index (κ1) is 13.2. The second-order valence-corrected chi connectivity index (χ2v) is 5.29. The normalized spacial score (nSPS) is 22.4. The molecule has 0 radical (unpaired) electrons. The minimum Gasteiger partial charge on any atom is -0.337 e. The van der Waals surface area contributed by atoms with E-state index in [0.29, 0.717) is 17.3 Å². The number of hydrogen-bond acceptors (Lipinski definition) is 4. The van der Waals surface area contributed by atoms with Crippen molar-refractivity contribution < 1.29 is 13.3 Å². The summed E-state index contributed by atoms with van der Waals surface area (Å²) in [6, 6.07) is 3.48. The van der Waals surface area contributed by atoms with Crippen LogP contribution in [-0.4, -0.2) is 16.7 Å². The Bertz CT molecular complexity index is 621. The molecule has 0 saturated carbocycles. The third-order valence-electron chi connectivity index (χ3n) is 3.67. The van der Waals surface area contributed by atoms with E-state index < -0.39 is 11.6 Å². The lowest BCUT2D eigenvalue weighted by molar-refractivity contribution is 0.274. The van der Waals surface area contributed by atoms with E-state index in [1.807, 2.05) is 6.92 Å². The number of nitrogens with zero attached hydrogens (tertiary/aromatic N) is 2. The van der Waals surface area contributed by atoms with Crippen LogP contribution < -0.4 is 5.32 Å². The van der Waals surface area contributed by atoms with Gasteiger partial charge in [0.25, 0.3) is 0 Å². The summed E-state index contributed by atoms with van der Waals surface area (Å²) in [4.78, 5) is 4.32. The lowest BCUT2D eigenvalue weighted by Gasteiger charge is -2.18. The van der Waals surface area contributed by atoms with Crippen LogP contribution in [0.3, 0.4) is 0 Å². The zero-order valence-corrected chi connectivity index (χ0v) is 11.1. The van der Waals surface area contributed by atoms with Crippen molar-refractivity contribution in [3.05, 3.63) is 47.1 Å². The van der Waals surface area contributed by atoms with E-state index in [-0.39, 0.29) is 12.0 Å². The van der Waals surface area contributed by atoms with E-state index in [2.05, 4.69) is 15.5 Å². The molecular formula is C14H15F2N3O. The fourth-order valence-electron chi connectivity index (χ4n) is 2.46. The van der Waals surface area contributed by atoms with Crippen molar-refractivity contribution in [1.82, 2.24) is 15.5 Å². The molecule has 2 heterocycles. The molecule has 2 aromatic rings. The van der Waals surface area contributed by atoms with Crippen molar-refractivity contribution in [2.75, 3.05) is 6.54 Å². The van der Waals surface area contributed by atoms with Gasteiger partial charge >= 0.3 is 0 Å². The second-order valence-electron chi connectivity index (χ2n) is 5.29. The molecule has 1 aliphatic heterocycles. The predicted octanol–water partition coefficient (Wildman–Crippen LogP) is 2.54. The van der Waals surface area contributed by atoms with Crippen LogP contribution in [0.4, 0.5) is 8.78 Å². The fraction of sp³-hybridized carbons (Fsp3) is 0.429. The number of rotatable bonds is 3. The van der Waals surface area contributed by atoms with Crippen LogP contribution in [0.5, 0.6) is 0 Å². The van der Waals surface area contributed by atoms with Crippen LogP contribution in [0.15, 0.2) is 22.7 Å². The standard InChI is InChI=1S/C14H15F2N3O/c1-14(5-2-6-17-14)13-18-12(19-20-13)7-9-3-4-10(15)8-11(9)16/h3-4,8,17H,2,5-7H2,1H3. The van der Waals surface area contributed by atoms with Gasteiger partial charge in [-0.2, -0.15) is 4.98 Å². The Morgan fingerprint density at radius 2 is 2.25 bits per heavy atom. The first-order chi connectivity index (χ1) is 9.57. The summed E-state index contributed by atoms with van der Waals surface area (Å²) in [6.07, 6.45) is 2.17. The zero-order chi connectivity index (χ0) is 14.2. The molecule has 0 bridgehead atoms. The molecule has 1 fully saturated rings. The molecule has 1 N–H and O–H groups in total. The molecule has 1 atom stereocenters. The average Bonchev–Trinajstić information content (AvgIpc) is 3.03. The average molecular weight is 279 g/mol. The largest absolute Gasteiger partial charge is 0.337 e. The first-order valence-electron chi connectivity index (χ1n) is 6.59. The van der Waals surface area contributed by atoms with Crippen molar-refractivity contribution in [2.45, 2.75) is 31.7 Å². The number of halogens is 2. The molecule has 1 aromatic heterocycles. The SMILES string of the molecule is CC1(c2nc(Cc3ccc(F)cc3F)no2)CCCN1. The monoisotopic (exact) mass is 279 g/mol. The Morgan fingerprint density at radius 1 is 1.40 bits per heavy atom. The molecule has 1 saturated heterocycles. The van der Waals surface area contributed by atoms with Crippen molar-refractivity contribution in [3.63, 3.8) is 0 Å². The van der Waals surface area contributed by atoms with E-state index in [1.54, 1.807) is 0 Å². The van der Waals surface area contributed by atoms with Gasteiger partial charge in [-0.3, -0.25) is 0 Å². The van der Waals surface area contributed by atoms with Crippen LogP contribution >= 0.6 is 0 Å². The summed E-state index contributed by atoms with van der Waals surface area (Å²) in [5.74, 6) is -0.266. The van der Waals surface area contributed by atoms with Crippen molar-refractivity contribution in [2.24, 2.45) is 0 Å². The molecule has 1 unspecified atom stereocenters. The van der Waals surface area contributed by atoms with E-state index in [0.717, 1.165) is 25.5 Å². The number of nitrogens with one attached hydrogen (secondary N) is 1. The Morgan fingerprint density at radius 3 is 2.95 bits per heavy atom. The van der Waals surface area contributed by atoms with Crippen LogP contribution in [0.25, 0.3) is 0 Å².